The van der Waals surface area contributed by atoms with Crippen LogP contribution in [0.3, 0.4) is 0 Å². The van der Waals surface area contributed by atoms with Crippen molar-refractivity contribution in [1.29, 1.82) is 0 Å². The van der Waals surface area contributed by atoms with Gasteiger partial charge in [0.1, 0.15) is 0 Å². The van der Waals surface area contributed by atoms with Crippen LogP contribution in [0.4, 0.5) is 0 Å². The number of hydrazone groups is 1. The smallest absolute Gasteiger partial charge is 0.184 e. The van der Waals surface area contributed by atoms with E-state index in [9.17, 15) is 0 Å². The molecule has 18 heavy (non-hydrogen) atoms. The van der Waals surface area contributed by atoms with Crippen LogP contribution in [0, 0.1) is 0 Å². The first-order valence-corrected chi connectivity index (χ1v) is 6.47. The molecular formula is C14H21N3S. The number of nitrogens with zero attached hydrogens (tertiary/aromatic N) is 1. The van der Waals surface area contributed by atoms with E-state index in [1.54, 1.807) is 6.21 Å². The Morgan fingerprint density at radius 1 is 1.33 bits per heavy atom. The summed E-state index contributed by atoms with van der Waals surface area (Å²) in [4.78, 5) is 0. The Hall–Kier alpha value is -1.42. The van der Waals surface area contributed by atoms with E-state index < -0.39 is 0 Å². The number of rotatable bonds is 4. The molecule has 3 nitrogen and oxygen atoms in total. The van der Waals surface area contributed by atoms with E-state index in [2.05, 4.69) is 67.8 Å². The second-order valence-corrected chi connectivity index (χ2v) is 5.71. The molecule has 0 radical (unpaired) electrons. The van der Waals surface area contributed by atoms with Crippen molar-refractivity contribution >= 4 is 23.5 Å². The molecular weight excluding hydrogens is 242 g/mol. The molecule has 1 aromatic rings. The van der Waals surface area contributed by atoms with E-state index in [-0.39, 0.29) is 10.5 Å². The zero-order valence-electron chi connectivity index (χ0n) is 11.2. The summed E-state index contributed by atoms with van der Waals surface area (Å²) in [5.74, 6) is 0. The molecule has 1 rings (SSSR count). The van der Waals surface area contributed by atoms with Gasteiger partial charge >= 0.3 is 0 Å². The van der Waals surface area contributed by atoms with Gasteiger partial charge in [-0.05, 0) is 41.6 Å². The molecule has 0 aliphatic carbocycles. The second-order valence-electron chi connectivity index (χ2n) is 5.27. The van der Waals surface area contributed by atoms with Gasteiger partial charge in [0.2, 0.25) is 0 Å². The maximum absolute atomic E-state index is 5.25. The lowest BCUT2D eigenvalue weighted by Crippen LogP contribution is -2.23. The first kappa shape index (κ1) is 14.6. The van der Waals surface area contributed by atoms with Crippen LogP contribution < -0.4 is 11.2 Å². The van der Waals surface area contributed by atoms with E-state index in [0.29, 0.717) is 0 Å². The zero-order chi connectivity index (χ0) is 13.6. The van der Waals surface area contributed by atoms with Crippen LogP contribution >= 0.6 is 12.2 Å². The predicted octanol–water partition coefficient (Wildman–Crippen LogP) is 2.74. The molecule has 0 aliphatic heterocycles. The number of nitrogens with two attached hydrogens (primary N) is 1. The van der Waals surface area contributed by atoms with Gasteiger partial charge in [0.25, 0.3) is 0 Å². The van der Waals surface area contributed by atoms with Gasteiger partial charge in [-0.25, -0.2) is 0 Å². The summed E-state index contributed by atoms with van der Waals surface area (Å²) in [6.07, 6.45) is 3.62. The summed E-state index contributed by atoms with van der Waals surface area (Å²) in [7, 11) is 0. The van der Waals surface area contributed by atoms with E-state index >= 15 is 0 Å². The molecule has 0 fully saturated rings. The highest BCUT2D eigenvalue weighted by Crippen LogP contribution is 2.22. The fourth-order valence-electron chi connectivity index (χ4n) is 1.58. The average molecular weight is 263 g/mol. The Morgan fingerprint density at radius 3 is 2.44 bits per heavy atom. The minimum Gasteiger partial charge on any atom is -0.375 e. The summed E-state index contributed by atoms with van der Waals surface area (Å²) < 4.78 is 0. The van der Waals surface area contributed by atoms with E-state index in [4.69, 9.17) is 5.73 Å². The standard InChI is InChI=1S/C14H21N3S/c1-14(2,3)12-8-6-11(7-9-12)5-4-10-16-17-13(15)18/h6-10H,4-5H2,1-3H3,(H3,15,17,18)/b16-10+. The molecule has 0 saturated heterocycles. The number of hydrogen-bond donors (Lipinski definition) is 2. The highest BCUT2D eigenvalue weighted by molar-refractivity contribution is 7.80. The molecule has 3 N–H and O–H groups in total. The first-order chi connectivity index (χ1) is 8.39. The quantitative estimate of drug-likeness (QED) is 0.499. The fourth-order valence-corrected chi connectivity index (χ4v) is 1.63. The van der Waals surface area contributed by atoms with Crippen molar-refractivity contribution in [2.75, 3.05) is 0 Å². The third kappa shape index (κ3) is 5.27. The largest absolute Gasteiger partial charge is 0.375 e. The average Bonchev–Trinajstić information content (AvgIpc) is 2.27. The van der Waals surface area contributed by atoms with Crippen molar-refractivity contribution in [3.05, 3.63) is 35.4 Å². The van der Waals surface area contributed by atoms with Gasteiger partial charge in [0.15, 0.2) is 5.11 Å². The van der Waals surface area contributed by atoms with Gasteiger partial charge in [-0.3, -0.25) is 5.43 Å². The Bertz CT molecular complexity index is 416. The summed E-state index contributed by atoms with van der Waals surface area (Å²) in [5.41, 5.74) is 10.7. The van der Waals surface area contributed by atoms with Gasteiger partial charge in [-0.15, -0.1) is 0 Å². The van der Waals surface area contributed by atoms with Crippen molar-refractivity contribution in [3.63, 3.8) is 0 Å². The SMILES string of the molecule is CC(C)(C)c1ccc(CC/C=N/NC(N)=S)cc1. The van der Waals surface area contributed by atoms with Crippen LogP contribution in [0.1, 0.15) is 38.3 Å². The summed E-state index contributed by atoms with van der Waals surface area (Å²) in [6.45, 7) is 6.65. The van der Waals surface area contributed by atoms with Crippen LogP contribution in [0.15, 0.2) is 29.4 Å². The van der Waals surface area contributed by atoms with Gasteiger partial charge < -0.3 is 5.73 Å². The monoisotopic (exact) mass is 263 g/mol. The molecule has 0 aromatic heterocycles. The Labute approximate surface area is 114 Å². The minimum absolute atomic E-state index is 0.195. The summed E-state index contributed by atoms with van der Waals surface area (Å²) in [5, 5.41) is 4.10. The van der Waals surface area contributed by atoms with Crippen LogP contribution in [0.25, 0.3) is 0 Å². The van der Waals surface area contributed by atoms with E-state index in [1.807, 2.05) is 0 Å². The van der Waals surface area contributed by atoms with Gasteiger partial charge in [0.05, 0.1) is 0 Å². The molecule has 0 bridgehead atoms. The van der Waals surface area contributed by atoms with Crippen LogP contribution in [-0.4, -0.2) is 11.3 Å². The minimum atomic E-state index is 0.195. The van der Waals surface area contributed by atoms with Crippen molar-refractivity contribution in [1.82, 2.24) is 5.43 Å². The van der Waals surface area contributed by atoms with Gasteiger partial charge in [-0.1, -0.05) is 45.0 Å². The number of benzene rings is 1. The maximum atomic E-state index is 5.25. The molecule has 1 aromatic carbocycles. The number of nitrogens with one attached hydrogen (secondary N) is 1. The Balaban J connectivity index is 2.45. The van der Waals surface area contributed by atoms with E-state index in [1.165, 1.54) is 11.1 Å². The molecule has 0 amide bonds. The molecule has 0 spiro atoms. The first-order valence-electron chi connectivity index (χ1n) is 6.06. The normalized spacial score (nSPS) is 11.7. The Kier molecular flexibility index (Phi) is 5.28. The van der Waals surface area contributed by atoms with Crippen molar-refractivity contribution in [2.24, 2.45) is 10.8 Å². The third-order valence-corrected chi connectivity index (χ3v) is 2.74. The number of thiocarbonyl (C=S) groups is 1. The van der Waals surface area contributed by atoms with E-state index in [0.717, 1.165) is 12.8 Å². The molecule has 0 saturated carbocycles. The molecule has 4 heteroatoms. The second kappa shape index (κ2) is 6.50. The fraction of sp³-hybridized carbons (Fsp3) is 0.429. The van der Waals surface area contributed by atoms with Crippen LogP contribution in [0.2, 0.25) is 0 Å². The predicted molar refractivity (Wildman–Crippen MR) is 81.9 cm³/mol. The number of hydrogen-bond acceptors (Lipinski definition) is 2. The highest BCUT2D eigenvalue weighted by atomic mass is 32.1. The lowest BCUT2D eigenvalue weighted by molar-refractivity contribution is 0.590. The van der Waals surface area contributed by atoms with Gasteiger partial charge in [-0.2, -0.15) is 5.10 Å². The molecule has 0 atom stereocenters. The topological polar surface area (TPSA) is 50.4 Å². The number of aryl methyl sites for hydroxylation is 1. The summed E-state index contributed by atoms with van der Waals surface area (Å²) >= 11 is 4.64. The maximum Gasteiger partial charge on any atom is 0.184 e. The highest BCUT2D eigenvalue weighted by Gasteiger charge is 2.12. The molecule has 0 aliphatic rings. The molecule has 0 unspecified atom stereocenters. The molecule has 98 valence electrons. The van der Waals surface area contributed by atoms with Crippen molar-refractivity contribution in [2.45, 2.75) is 39.0 Å². The zero-order valence-corrected chi connectivity index (χ0v) is 12.1. The van der Waals surface area contributed by atoms with Crippen molar-refractivity contribution in [3.8, 4) is 0 Å². The summed E-state index contributed by atoms with van der Waals surface area (Å²) in [6, 6.07) is 8.74. The molecule has 0 heterocycles. The van der Waals surface area contributed by atoms with Crippen LogP contribution in [-0.2, 0) is 11.8 Å². The Morgan fingerprint density at radius 2 is 1.94 bits per heavy atom. The van der Waals surface area contributed by atoms with Crippen molar-refractivity contribution < 1.29 is 0 Å². The van der Waals surface area contributed by atoms with Gasteiger partial charge in [0, 0.05) is 6.21 Å². The lowest BCUT2D eigenvalue weighted by Gasteiger charge is -2.19. The lowest BCUT2D eigenvalue weighted by atomic mass is 9.86. The van der Waals surface area contributed by atoms with Crippen LogP contribution in [0.5, 0.6) is 0 Å². The third-order valence-electron chi connectivity index (χ3n) is 2.65.